The monoisotopic (exact) mass is 558 g/mol. The molecule has 0 aliphatic carbocycles. The van der Waals surface area contributed by atoms with Crippen LogP contribution in [0.2, 0.25) is 0 Å². The summed E-state index contributed by atoms with van der Waals surface area (Å²) in [5, 5.41) is -0.757. The normalized spacial score (nSPS) is 19.5. The summed E-state index contributed by atoms with van der Waals surface area (Å²) < 4.78 is 40.5. The summed E-state index contributed by atoms with van der Waals surface area (Å²) in [5.41, 5.74) is 1.13. The smallest absolute Gasteiger partial charge is 0.335 e. The van der Waals surface area contributed by atoms with Crippen molar-refractivity contribution in [2.24, 2.45) is 0 Å². The minimum atomic E-state index is -1.70. The average molecular weight is 559 g/mol. The van der Waals surface area contributed by atoms with Gasteiger partial charge in [0.15, 0.2) is 6.30 Å². The highest BCUT2D eigenvalue weighted by molar-refractivity contribution is 8.02. The van der Waals surface area contributed by atoms with E-state index < -0.39 is 28.9 Å². The molecule has 0 saturated carbocycles. The Kier molecular flexibility index (Phi) is 10.9. The predicted octanol–water partition coefficient (Wildman–Crippen LogP) is 3.95. The quantitative estimate of drug-likeness (QED) is 0.261. The number of hydrogen-bond donors (Lipinski definition) is 0. The predicted molar refractivity (Wildman–Crippen MR) is 149 cm³/mol. The summed E-state index contributed by atoms with van der Waals surface area (Å²) in [6.45, 7) is 3.17. The second-order valence-corrected chi connectivity index (χ2v) is 10.7. The first-order valence-electron chi connectivity index (χ1n) is 13.0. The first kappa shape index (κ1) is 29.2. The number of benzene rings is 2. The molecule has 1 fully saturated rings. The van der Waals surface area contributed by atoms with Gasteiger partial charge in [-0.15, -0.1) is 11.8 Å². The molecule has 0 spiro atoms. The molecule has 1 aliphatic rings. The van der Waals surface area contributed by atoms with Crippen molar-refractivity contribution in [2.75, 3.05) is 26.9 Å². The van der Waals surface area contributed by atoms with E-state index in [1.54, 1.807) is 6.92 Å². The molecule has 0 bridgehead atoms. The average Bonchev–Trinajstić information content (AvgIpc) is 2.95. The minimum Gasteiger partial charge on any atom is -0.382 e. The Morgan fingerprint density at radius 2 is 1.62 bits per heavy atom. The maximum absolute atomic E-state index is 16.1. The lowest BCUT2D eigenvalue weighted by atomic mass is 10.1. The van der Waals surface area contributed by atoms with E-state index in [1.807, 2.05) is 60.7 Å². The van der Waals surface area contributed by atoms with Crippen LogP contribution in [0.25, 0.3) is 0 Å². The number of thioether (sulfide) groups is 1. The molecular formula is C29H35FN2O6S. The highest BCUT2D eigenvalue weighted by Crippen LogP contribution is 2.46. The zero-order valence-electron chi connectivity index (χ0n) is 22.2. The van der Waals surface area contributed by atoms with Crippen LogP contribution in [-0.2, 0) is 45.3 Å². The minimum absolute atomic E-state index is 0.106. The maximum Gasteiger partial charge on any atom is 0.335 e. The number of ether oxygens (including phenoxy) is 4. The van der Waals surface area contributed by atoms with Crippen molar-refractivity contribution in [3.8, 4) is 0 Å². The van der Waals surface area contributed by atoms with Crippen LogP contribution in [0.5, 0.6) is 0 Å². The Morgan fingerprint density at radius 3 is 2.26 bits per heavy atom. The molecule has 0 amide bonds. The highest BCUT2D eigenvalue weighted by atomic mass is 32.2. The van der Waals surface area contributed by atoms with Crippen LogP contribution in [0.15, 0.2) is 76.4 Å². The Morgan fingerprint density at radius 1 is 0.949 bits per heavy atom. The van der Waals surface area contributed by atoms with Gasteiger partial charge in [-0.3, -0.25) is 9.36 Å². The third-order valence-corrected chi connectivity index (χ3v) is 8.10. The van der Waals surface area contributed by atoms with Crippen molar-refractivity contribution in [3.05, 3.63) is 104 Å². The van der Waals surface area contributed by atoms with Gasteiger partial charge in [0.1, 0.15) is 6.73 Å². The lowest BCUT2D eigenvalue weighted by Crippen LogP contribution is -2.54. The van der Waals surface area contributed by atoms with Gasteiger partial charge in [-0.25, -0.2) is 13.8 Å². The van der Waals surface area contributed by atoms with E-state index in [0.29, 0.717) is 38.4 Å². The first-order valence-corrected chi connectivity index (χ1v) is 14.0. The molecule has 3 aromatic rings. The second kappa shape index (κ2) is 14.6. The molecule has 10 heteroatoms. The topological polar surface area (TPSA) is 80.9 Å². The zero-order chi connectivity index (χ0) is 27.6. The van der Waals surface area contributed by atoms with E-state index in [9.17, 15) is 9.59 Å². The van der Waals surface area contributed by atoms with Gasteiger partial charge in [-0.2, -0.15) is 0 Å². The molecule has 1 aromatic heterocycles. The second-order valence-electron chi connectivity index (χ2n) is 9.23. The van der Waals surface area contributed by atoms with Gasteiger partial charge in [0, 0.05) is 18.9 Å². The van der Waals surface area contributed by atoms with Crippen molar-refractivity contribution in [2.45, 2.75) is 56.2 Å². The SMILES string of the molecule is CCc1cn([C@H](F)[C@H]2S[C@H](COCc3ccccc3)[C@H]2OCc2ccccc2)c(=O)n(COCCOC)c1=O. The molecular weight excluding hydrogens is 523 g/mol. The molecule has 4 rings (SSSR count). The van der Waals surface area contributed by atoms with Gasteiger partial charge in [0.25, 0.3) is 5.56 Å². The van der Waals surface area contributed by atoms with Crippen LogP contribution in [0.4, 0.5) is 4.39 Å². The third-order valence-electron chi connectivity index (χ3n) is 6.54. The Balaban J connectivity index is 1.50. The van der Waals surface area contributed by atoms with Crippen LogP contribution in [-0.4, -0.2) is 52.7 Å². The summed E-state index contributed by atoms with van der Waals surface area (Å²) in [4.78, 5) is 26.0. The number of hydrogen-bond acceptors (Lipinski definition) is 7. The number of nitrogens with zero attached hydrogens (tertiary/aromatic N) is 2. The summed E-state index contributed by atoms with van der Waals surface area (Å²) in [6.07, 6.45) is -0.512. The molecule has 0 unspecified atom stereocenters. The molecule has 39 heavy (non-hydrogen) atoms. The van der Waals surface area contributed by atoms with Gasteiger partial charge in [0.2, 0.25) is 0 Å². The van der Waals surface area contributed by atoms with E-state index in [0.717, 1.165) is 20.3 Å². The largest absolute Gasteiger partial charge is 0.382 e. The Hall–Kier alpha value is -2.76. The molecule has 2 heterocycles. The van der Waals surface area contributed by atoms with Crippen LogP contribution in [0.1, 0.15) is 29.9 Å². The van der Waals surface area contributed by atoms with Crippen molar-refractivity contribution in [1.29, 1.82) is 0 Å². The van der Waals surface area contributed by atoms with E-state index in [4.69, 9.17) is 18.9 Å². The van der Waals surface area contributed by atoms with Crippen molar-refractivity contribution < 1.29 is 23.3 Å². The lowest BCUT2D eigenvalue weighted by Gasteiger charge is -2.45. The molecule has 0 N–H and O–H groups in total. The summed E-state index contributed by atoms with van der Waals surface area (Å²) in [7, 11) is 1.53. The summed E-state index contributed by atoms with van der Waals surface area (Å²) >= 11 is 1.39. The molecule has 2 aromatic carbocycles. The fourth-order valence-electron chi connectivity index (χ4n) is 4.34. The van der Waals surface area contributed by atoms with Crippen LogP contribution in [0, 0.1) is 0 Å². The number of halogens is 1. The highest BCUT2D eigenvalue weighted by Gasteiger charge is 2.48. The van der Waals surface area contributed by atoms with Crippen LogP contribution in [0.3, 0.4) is 0 Å². The number of rotatable bonds is 15. The first-order chi connectivity index (χ1) is 19.0. The van der Waals surface area contributed by atoms with Gasteiger partial charge in [-0.1, -0.05) is 67.6 Å². The van der Waals surface area contributed by atoms with E-state index >= 15 is 4.39 Å². The number of aryl methyl sites for hydroxylation is 1. The van der Waals surface area contributed by atoms with Crippen molar-refractivity contribution in [3.63, 3.8) is 0 Å². The van der Waals surface area contributed by atoms with E-state index in [2.05, 4.69) is 0 Å². The Labute approximate surface area is 231 Å². The number of aromatic nitrogens is 2. The lowest BCUT2D eigenvalue weighted by molar-refractivity contribution is -0.0212. The Bertz CT molecular complexity index is 1290. The summed E-state index contributed by atoms with van der Waals surface area (Å²) in [5.74, 6) is 0. The molecule has 1 aliphatic heterocycles. The maximum atomic E-state index is 16.1. The van der Waals surface area contributed by atoms with Crippen molar-refractivity contribution in [1.82, 2.24) is 9.13 Å². The zero-order valence-corrected chi connectivity index (χ0v) is 23.1. The van der Waals surface area contributed by atoms with Gasteiger partial charge in [0.05, 0.1) is 49.6 Å². The van der Waals surface area contributed by atoms with Crippen molar-refractivity contribution >= 4 is 11.8 Å². The van der Waals surface area contributed by atoms with Gasteiger partial charge >= 0.3 is 5.69 Å². The number of alkyl halides is 1. The fraction of sp³-hybridized carbons (Fsp3) is 0.448. The molecule has 4 atom stereocenters. The molecule has 210 valence electrons. The molecule has 1 saturated heterocycles. The van der Waals surface area contributed by atoms with Crippen LogP contribution < -0.4 is 11.2 Å². The van der Waals surface area contributed by atoms with Gasteiger partial charge < -0.3 is 18.9 Å². The molecule has 0 radical (unpaired) electrons. The number of methoxy groups -OCH3 is 1. The van der Waals surface area contributed by atoms with Crippen LogP contribution >= 0.6 is 11.8 Å². The molecule has 8 nitrogen and oxygen atoms in total. The van der Waals surface area contributed by atoms with E-state index in [-0.39, 0.29) is 18.6 Å². The summed E-state index contributed by atoms with van der Waals surface area (Å²) in [6, 6.07) is 19.5. The standard InChI is InChI=1S/C29H35FN2O6S/c1-3-23-16-31(29(34)32(28(23)33)20-36-15-14-35-2)27(30)26-25(38-18-22-12-8-5-9-13-22)24(39-26)19-37-17-21-10-6-4-7-11-21/h4-13,16,24-27H,3,14-15,17-20H2,1-2H3/t24-,25-,26+,27+/m1/s1. The van der Waals surface area contributed by atoms with Gasteiger partial charge in [-0.05, 0) is 17.5 Å². The third kappa shape index (κ3) is 7.46. The fourth-order valence-corrected chi connectivity index (χ4v) is 5.73. The van der Waals surface area contributed by atoms with E-state index in [1.165, 1.54) is 25.1 Å².